The lowest BCUT2D eigenvalue weighted by molar-refractivity contribution is -0.900. The van der Waals surface area contributed by atoms with Gasteiger partial charge in [0.15, 0.2) is 0 Å². The van der Waals surface area contributed by atoms with Gasteiger partial charge in [-0.25, -0.2) is 0 Å². The molecule has 2 heterocycles. The minimum atomic E-state index is -0.386. The highest BCUT2D eigenvalue weighted by Crippen LogP contribution is 2.21. The van der Waals surface area contributed by atoms with Crippen molar-refractivity contribution in [1.29, 1.82) is 0 Å². The monoisotopic (exact) mass is 390 g/mol. The first-order valence-electron chi connectivity index (χ1n) is 11.9. The number of hydrogen-bond donors (Lipinski definition) is 4. The molecule has 0 aliphatic carbocycles. The maximum atomic E-state index is 10.6. The Hall–Kier alpha value is -0.940. The van der Waals surface area contributed by atoms with Crippen LogP contribution in [0.15, 0.2) is 24.3 Å². The second-order valence-electron chi connectivity index (χ2n) is 9.10. The molecule has 28 heavy (non-hydrogen) atoms. The van der Waals surface area contributed by atoms with Crippen LogP contribution in [0.2, 0.25) is 0 Å². The molecule has 2 saturated heterocycles. The van der Waals surface area contributed by atoms with Crippen LogP contribution in [0.3, 0.4) is 0 Å². The van der Waals surface area contributed by atoms with Crippen molar-refractivity contribution in [3.8, 4) is 0 Å². The van der Waals surface area contributed by atoms with Crippen molar-refractivity contribution in [3.05, 3.63) is 35.4 Å². The molecule has 2 aliphatic heterocycles. The lowest BCUT2D eigenvalue weighted by Crippen LogP contribution is -3.11. The van der Waals surface area contributed by atoms with Crippen molar-refractivity contribution in [1.82, 2.24) is 0 Å². The van der Waals surface area contributed by atoms with Crippen molar-refractivity contribution in [2.24, 2.45) is 0 Å². The van der Waals surface area contributed by atoms with E-state index >= 15 is 0 Å². The van der Waals surface area contributed by atoms with Crippen LogP contribution >= 0.6 is 0 Å². The third kappa shape index (κ3) is 7.14. The molecule has 0 aromatic heterocycles. The van der Waals surface area contributed by atoms with Crippen LogP contribution < -0.4 is 9.80 Å². The Morgan fingerprint density at radius 3 is 1.21 bits per heavy atom. The molecule has 3 rings (SSSR count). The Kier molecular flexibility index (Phi) is 9.26. The lowest BCUT2D eigenvalue weighted by Gasteiger charge is -2.20. The summed E-state index contributed by atoms with van der Waals surface area (Å²) in [7, 11) is 0. The molecule has 0 spiro atoms. The van der Waals surface area contributed by atoms with Gasteiger partial charge in [0.25, 0.3) is 0 Å². The Bertz CT molecular complexity index is 483. The summed E-state index contributed by atoms with van der Waals surface area (Å²) in [4.78, 5) is 3.30. The largest absolute Gasteiger partial charge is 0.388 e. The van der Waals surface area contributed by atoms with Gasteiger partial charge in [-0.1, -0.05) is 24.3 Å². The number of aliphatic hydroxyl groups is 2. The first kappa shape index (κ1) is 21.8. The van der Waals surface area contributed by atoms with E-state index in [2.05, 4.69) is 0 Å². The van der Waals surface area contributed by atoms with Crippen LogP contribution in [0.1, 0.15) is 87.5 Å². The zero-order valence-corrected chi connectivity index (χ0v) is 17.7. The molecule has 158 valence electrons. The van der Waals surface area contributed by atoms with Gasteiger partial charge < -0.3 is 20.0 Å². The Labute approximate surface area is 171 Å². The molecular formula is C24H42N2O2+2. The van der Waals surface area contributed by atoms with Crippen LogP contribution in [-0.4, -0.2) is 49.5 Å². The third-order valence-electron chi connectivity index (χ3n) is 6.87. The van der Waals surface area contributed by atoms with Gasteiger partial charge in [0.2, 0.25) is 0 Å². The smallest absolute Gasteiger partial charge is 0.0843 e. The summed E-state index contributed by atoms with van der Waals surface area (Å²) in [5.74, 6) is 0. The lowest BCUT2D eigenvalue weighted by atomic mass is 10.0. The molecule has 4 N–H and O–H groups in total. The van der Waals surface area contributed by atoms with Crippen molar-refractivity contribution in [2.75, 3.05) is 39.3 Å². The van der Waals surface area contributed by atoms with Crippen LogP contribution in [0.25, 0.3) is 0 Å². The molecule has 0 amide bonds. The van der Waals surface area contributed by atoms with E-state index in [1.54, 1.807) is 9.80 Å². The van der Waals surface area contributed by atoms with Crippen LogP contribution in [0.4, 0.5) is 0 Å². The molecular weight excluding hydrogens is 348 g/mol. The number of rotatable bonds is 8. The zero-order chi connectivity index (χ0) is 19.6. The van der Waals surface area contributed by atoms with Crippen molar-refractivity contribution < 1.29 is 20.0 Å². The van der Waals surface area contributed by atoms with Gasteiger partial charge in [0.05, 0.1) is 51.5 Å². The predicted octanol–water partition coefficient (Wildman–Crippen LogP) is 1.45. The molecule has 2 fully saturated rings. The van der Waals surface area contributed by atoms with Crippen LogP contribution in [-0.2, 0) is 0 Å². The van der Waals surface area contributed by atoms with E-state index in [1.165, 1.54) is 77.5 Å². The summed E-state index contributed by atoms with van der Waals surface area (Å²) in [6.45, 7) is 7.16. The van der Waals surface area contributed by atoms with Gasteiger partial charge in [-0.3, -0.25) is 0 Å². The summed E-state index contributed by atoms with van der Waals surface area (Å²) in [6, 6.07) is 8.05. The second-order valence-corrected chi connectivity index (χ2v) is 9.10. The van der Waals surface area contributed by atoms with E-state index in [4.69, 9.17) is 0 Å². The SMILES string of the molecule is O[C@H](CC[NH+]1CCCCCC1)c1ccc([C@@H](O)CC[NH+]2CCCCCC2)cc1. The molecule has 2 aliphatic rings. The summed E-state index contributed by atoms with van der Waals surface area (Å²) in [5.41, 5.74) is 1.98. The minimum absolute atomic E-state index is 0.386. The minimum Gasteiger partial charge on any atom is -0.388 e. The number of quaternary nitrogens is 2. The zero-order valence-electron chi connectivity index (χ0n) is 17.7. The highest BCUT2D eigenvalue weighted by Gasteiger charge is 2.18. The summed E-state index contributed by atoms with van der Waals surface area (Å²) < 4.78 is 0. The summed E-state index contributed by atoms with van der Waals surface area (Å²) >= 11 is 0. The van der Waals surface area contributed by atoms with E-state index in [0.717, 1.165) is 37.1 Å². The number of aliphatic hydroxyl groups excluding tert-OH is 2. The van der Waals surface area contributed by atoms with Crippen LogP contribution in [0.5, 0.6) is 0 Å². The third-order valence-corrected chi connectivity index (χ3v) is 6.87. The van der Waals surface area contributed by atoms with Gasteiger partial charge in [-0.15, -0.1) is 0 Å². The van der Waals surface area contributed by atoms with Crippen molar-refractivity contribution in [3.63, 3.8) is 0 Å². The first-order chi connectivity index (χ1) is 13.7. The average molecular weight is 391 g/mol. The van der Waals surface area contributed by atoms with Gasteiger partial charge >= 0.3 is 0 Å². The molecule has 4 heteroatoms. The van der Waals surface area contributed by atoms with E-state index in [-0.39, 0.29) is 12.2 Å². The van der Waals surface area contributed by atoms with E-state index in [1.807, 2.05) is 24.3 Å². The molecule has 1 aromatic carbocycles. The maximum Gasteiger partial charge on any atom is 0.0843 e. The topological polar surface area (TPSA) is 49.3 Å². The van der Waals surface area contributed by atoms with Gasteiger partial charge in [-0.2, -0.15) is 0 Å². The van der Waals surface area contributed by atoms with E-state index in [9.17, 15) is 10.2 Å². The fraction of sp³-hybridized carbons (Fsp3) is 0.750. The van der Waals surface area contributed by atoms with Gasteiger partial charge in [0.1, 0.15) is 0 Å². The first-order valence-corrected chi connectivity index (χ1v) is 11.9. The Balaban J connectivity index is 1.42. The van der Waals surface area contributed by atoms with Crippen LogP contribution in [0, 0.1) is 0 Å². The quantitative estimate of drug-likeness (QED) is 0.543. The summed E-state index contributed by atoms with van der Waals surface area (Å²) in [5, 5.41) is 21.1. The predicted molar refractivity (Wildman–Crippen MR) is 114 cm³/mol. The van der Waals surface area contributed by atoms with Gasteiger partial charge in [-0.05, 0) is 62.5 Å². The number of likely N-dealkylation sites (tertiary alicyclic amines) is 2. The fourth-order valence-corrected chi connectivity index (χ4v) is 4.91. The molecule has 0 radical (unpaired) electrons. The molecule has 4 nitrogen and oxygen atoms in total. The normalized spacial score (nSPS) is 22.4. The standard InChI is InChI=1S/C24H40N2O2/c27-23(13-19-25-15-5-1-2-6-16-25)21-9-11-22(12-10-21)24(28)14-20-26-17-7-3-4-8-18-26/h9-12,23-24,27-28H,1-8,13-20H2/p+2/t23-,24+. The fourth-order valence-electron chi connectivity index (χ4n) is 4.91. The maximum absolute atomic E-state index is 10.6. The van der Waals surface area contributed by atoms with E-state index in [0.29, 0.717) is 0 Å². The number of nitrogens with one attached hydrogen (secondary N) is 2. The van der Waals surface area contributed by atoms with Crippen molar-refractivity contribution in [2.45, 2.75) is 76.4 Å². The highest BCUT2D eigenvalue weighted by atomic mass is 16.3. The van der Waals surface area contributed by atoms with E-state index < -0.39 is 0 Å². The Morgan fingerprint density at radius 1 is 0.571 bits per heavy atom. The second kappa shape index (κ2) is 11.9. The highest BCUT2D eigenvalue weighted by molar-refractivity contribution is 5.25. The summed E-state index contributed by atoms with van der Waals surface area (Å²) in [6.07, 6.45) is 11.7. The van der Waals surface area contributed by atoms with Crippen molar-refractivity contribution >= 4 is 0 Å². The molecule has 0 saturated carbocycles. The average Bonchev–Trinajstić information content (AvgIpc) is 3.15. The Morgan fingerprint density at radius 2 is 0.893 bits per heavy atom. The molecule has 2 atom stereocenters. The van der Waals surface area contributed by atoms with Gasteiger partial charge in [0, 0.05) is 12.8 Å². The number of benzene rings is 1. The molecule has 0 bridgehead atoms. The molecule has 1 aromatic rings. The number of hydrogen-bond acceptors (Lipinski definition) is 2. The molecule has 0 unspecified atom stereocenters.